The molecule has 4 heteroatoms. The molecule has 1 N–H and O–H groups in total. The summed E-state index contributed by atoms with van der Waals surface area (Å²) in [5.74, 6) is 0.269. The molecule has 1 amide bonds. The van der Waals surface area contributed by atoms with Crippen molar-refractivity contribution < 1.29 is 4.79 Å². The average molecular weight is 398 g/mol. The molecule has 2 heterocycles. The molecule has 1 aromatic heterocycles. The van der Waals surface area contributed by atoms with Crippen LogP contribution in [0.4, 0.5) is 0 Å². The van der Waals surface area contributed by atoms with E-state index in [9.17, 15) is 4.79 Å². The Morgan fingerprint density at radius 2 is 1.53 bits per heavy atom. The van der Waals surface area contributed by atoms with Gasteiger partial charge in [-0.3, -0.25) is 9.69 Å². The van der Waals surface area contributed by atoms with Gasteiger partial charge in [-0.1, -0.05) is 60.7 Å². The van der Waals surface area contributed by atoms with E-state index in [-0.39, 0.29) is 5.91 Å². The number of fused-ring (bicyclic) bond motifs is 2. The van der Waals surface area contributed by atoms with Crippen molar-refractivity contribution in [2.45, 2.75) is 19.4 Å². The van der Waals surface area contributed by atoms with E-state index in [1.807, 2.05) is 17.2 Å². The molecule has 0 aliphatic carbocycles. The van der Waals surface area contributed by atoms with Crippen LogP contribution >= 0.6 is 0 Å². The summed E-state index contributed by atoms with van der Waals surface area (Å²) in [5, 5.41) is 3.85. The highest BCUT2D eigenvalue weighted by molar-refractivity contribution is 5.86. The maximum atomic E-state index is 12.8. The van der Waals surface area contributed by atoms with Crippen molar-refractivity contribution in [3.63, 3.8) is 0 Å². The van der Waals surface area contributed by atoms with Gasteiger partial charge in [0, 0.05) is 56.2 Å². The summed E-state index contributed by atoms with van der Waals surface area (Å²) < 4.78 is 0. The van der Waals surface area contributed by atoms with Crippen molar-refractivity contribution in [3.8, 4) is 0 Å². The van der Waals surface area contributed by atoms with Crippen molar-refractivity contribution in [2.24, 2.45) is 0 Å². The Hall–Kier alpha value is -3.11. The SMILES string of the molecule is O=C(CCc1c[nH]c2ccccc12)N1CCN(Cc2cccc3ccccc23)CC1. The number of hydrogen-bond acceptors (Lipinski definition) is 2. The minimum Gasteiger partial charge on any atom is -0.361 e. The van der Waals surface area contributed by atoms with Crippen LogP contribution < -0.4 is 0 Å². The molecule has 0 radical (unpaired) electrons. The number of nitrogens with one attached hydrogen (secondary N) is 1. The number of carbonyl (C=O) groups excluding carboxylic acids is 1. The van der Waals surface area contributed by atoms with E-state index in [1.165, 1.54) is 27.3 Å². The highest BCUT2D eigenvalue weighted by Crippen LogP contribution is 2.22. The zero-order chi connectivity index (χ0) is 20.3. The van der Waals surface area contributed by atoms with Gasteiger partial charge in [-0.05, 0) is 34.4 Å². The molecule has 152 valence electrons. The number of nitrogens with zero attached hydrogens (tertiary/aromatic N) is 2. The number of amides is 1. The van der Waals surface area contributed by atoms with Gasteiger partial charge in [0.05, 0.1) is 0 Å². The van der Waals surface area contributed by atoms with E-state index in [2.05, 4.69) is 70.5 Å². The Morgan fingerprint density at radius 3 is 2.40 bits per heavy atom. The first-order chi connectivity index (χ1) is 14.8. The smallest absolute Gasteiger partial charge is 0.222 e. The molecule has 4 aromatic rings. The van der Waals surface area contributed by atoms with Gasteiger partial charge >= 0.3 is 0 Å². The largest absolute Gasteiger partial charge is 0.361 e. The summed E-state index contributed by atoms with van der Waals surface area (Å²) >= 11 is 0. The lowest BCUT2D eigenvalue weighted by atomic mass is 10.0. The van der Waals surface area contributed by atoms with Crippen LogP contribution in [0.5, 0.6) is 0 Å². The van der Waals surface area contributed by atoms with Crippen molar-refractivity contribution in [2.75, 3.05) is 26.2 Å². The molecule has 0 atom stereocenters. The maximum absolute atomic E-state index is 12.8. The van der Waals surface area contributed by atoms with Gasteiger partial charge < -0.3 is 9.88 Å². The fourth-order valence-electron chi connectivity index (χ4n) is 4.56. The van der Waals surface area contributed by atoms with Crippen molar-refractivity contribution in [1.29, 1.82) is 0 Å². The second kappa shape index (κ2) is 8.33. The Kier molecular flexibility index (Phi) is 5.24. The van der Waals surface area contributed by atoms with Gasteiger partial charge in [0.25, 0.3) is 0 Å². The number of H-pyrrole nitrogens is 1. The lowest BCUT2D eigenvalue weighted by molar-refractivity contribution is -0.132. The summed E-state index contributed by atoms with van der Waals surface area (Å²) in [6, 6.07) is 23.4. The number of hydrogen-bond donors (Lipinski definition) is 1. The van der Waals surface area contributed by atoms with Gasteiger partial charge in [0.2, 0.25) is 5.91 Å². The van der Waals surface area contributed by atoms with Crippen LogP contribution in [0, 0.1) is 0 Å². The van der Waals surface area contributed by atoms with Gasteiger partial charge in [-0.15, -0.1) is 0 Å². The predicted molar refractivity (Wildman–Crippen MR) is 122 cm³/mol. The third-order valence-electron chi connectivity index (χ3n) is 6.28. The topological polar surface area (TPSA) is 39.3 Å². The summed E-state index contributed by atoms with van der Waals surface area (Å²) in [6.45, 7) is 4.44. The minimum atomic E-state index is 0.269. The standard InChI is InChI=1S/C26H27N3O/c30-26(13-12-21-18-27-25-11-4-3-10-24(21)25)29-16-14-28(15-17-29)19-22-8-5-7-20-6-1-2-9-23(20)22/h1-11,18,27H,12-17,19H2. The van der Waals surface area contributed by atoms with Gasteiger partial charge in [0.1, 0.15) is 0 Å². The van der Waals surface area contributed by atoms with E-state index in [1.54, 1.807) is 0 Å². The molecule has 4 nitrogen and oxygen atoms in total. The van der Waals surface area contributed by atoms with E-state index >= 15 is 0 Å². The molecule has 1 aliphatic heterocycles. The van der Waals surface area contributed by atoms with Crippen LogP contribution in [-0.2, 0) is 17.8 Å². The second-order valence-corrected chi connectivity index (χ2v) is 8.15. The molecule has 3 aromatic carbocycles. The maximum Gasteiger partial charge on any atom is 0.222 e. The van der Waals surface area contributed by atoms with E-state index in [4.69, 9.17) is 0 Å². The summed E-state index contributed by atoms with van der Waals surface area (Å²) in [4.78, 5) is 20.6. The molecule has 1 fully saturated rings. The highest BCUT2D eigenvalue weighted by Gasteiger charge is 2.21. The number of carbonyl (C=O) groups is 1. The lowest BCUT2D eigenvalue weighted by Gasteiger charge is -2.35. The van der Waals surface area contributed by atoms with Crippen molar-refractivity contribution >= 4 is 27.6 Å². The molecular weight excluding hydrogens is 370 g/mol. The van der Waals surface area contributed by atoms with E-state index < -0.39 is 0 Å². The molecule has 0 bridgehead atoms. The molecule has 1 saturated heterocycles. The highest BCUT2D eigenvalue weighted by atomic mass is 16.2. The Labute approximate surface area is 177 Å². The van der Waals surface area contributed by atoms with E-state index in [0.29, 0.717) is 6.42 Å². The van der Waals surface area contributed by atoms with Gasteiger partial charge in [0.15, 0.2) is 0 Å². The number of aromatic amines is 1. The first-order valence-corrected chi connectivity index (χ1v) is 10.8. The van der Waals surface area contributed by atoms with Gasteiger partial charge in [-0.2, -0.15) is 0 Å². The molecular formula is C26H27N3O. The zero-order valence-corrected chi connectivity index (χ0v) is 17.2. The molecule has 30 heavy (non-hydrogen) atoms. The van der Waals surface area contributed by atoms with Crippen LogP contribution in [-0.4, -0.2) is 46.9 Å². The summed E-state index contributed by atoms with van der Waals surface area (Å²) in [7, 11) is 0. The Balaban J connectivity index is 1.16. The predicted octanol–water partition coefficient (Wildman–Crippen LogP) is 4.60. The van der Waals surface area contributed by atoms with Crippen LogP contribution in [0.2, 0.25) is 0 Å². The van der Waals surface area contributed by atoms with Crippen LogP contribution in [0.25, 0.3) is 21.7 Å². The first kappa shape index (κ1) is 18.9. The van der Waals surface area contributed by atoms with Crippen LogP contribution in [0.1, 0.15) is 17.5 Å². The fraction of sp³-hybridized carbons (Fsp3) is 0.269. The molecule has 0 saturated carbocycles. The van der Waals surface area contributed by atoms with Crippen molar-refractivity contribution in [1.82, 2.24) is 14.8 Å². The minimum absolute atomic E-state index is 0.269. The quantitative estimate of drug-likeness (QED) is 0.535. The number of rotatable bonds is 5. The normalized spacial score (nSPS) is 15.1. The first-order valence-electron chi connectivity index (χ1n) is 10.8. The summed E-state index contributed by atoms with van der Waals surface area (Å²) in [6.07, 6.45) is 3.41. The second-order valence-electron chi connectivity index (χ2n) is 8.15. The number of piperazine rings is 1. The monoisotopic (exact) mass is 397 g/mol. The molecule has 1 aliphatic rings. The third kappa shape index (κ3) is 3.83. The fourth-order valence-corrected chi connectivity index (χ4v) is 4.56. The lowest BCUT2D eigenvalue weighted by Crippen LogP contribution is -2.48. The van der Waals surface area contributed by atoms with Crippen molar-refractivity contribution in [3.05, 3.63) is 84.1 Å². The molecule has 0 spiro atoms. The van der Waals surface area contributed by atoms with Crippen LogP contribution in [0.15, 0.2) is 72.9 Å². The van der Waals surface area contributed by atoms with E-state index in [0.717, 1.165) is 44.7 Å². The van der Waals surface area contributed by atoms with Gasteiger partial charge in [-0.25, -0.2) is 0 Å². The average Bonchev–Trinajstić information content (AvgIpc) is 3.21. The zero-order valence-electron chi connectivity index (χ0n) is 17.2. The van der Waals surface area contributed by atoms with Crippen LogP contribution in [0.3, 0.4) is 0 Å². The summed E-state index contributed by atoms with van der Waals surface area (Å²) in [5.41, 5.74) is 3.74. The number of para-hydroxylation sites is 1. The Morgan fingerprint density at radius 1 is 0.800 bits per heavy atom. The third-order valence-corrected chi connectivity index (χ3v) is 6.28. The number of benzene rings is 3. The molecule has 5 rings (SSSR count). The number of aryl methyl sites for hydroxylation is 1. The Bertz CT molecular complexity index is 1170. The molecule has 0 unspecified atom stereocenters. The number of aromatic nitrogens is 1.